The van der Waals surface area contributed by atoms with Crippen molar-refractivity contribution in [2.45, 2.75) is 34.1 Å². The Bertz CT molecular complexity index is 1220. The van der Waals surface area contributed by atoms with E-state index in [2.05, 4.69) is 73.6 Å². The Morgan fingerprint density at radius 3 is 2.38 bits per heavy atom. The highest BCUT2D eigenvalue weighted by Gasteiger charge is 2.29. The molecule has 0 unspecified atom stereocenters. The number of hydrogen-bond acceptors (Lipinski definition) is 3. The minimum atomic E-state index is -0.309. The minimum absolute atomic E-state index is 0.309. The third-order valence-corrected chi connectivity index (χ3v) is 6.96. The zero-order valence-corrected chi connectivity index (χ0v) is 21.0. The number of nitrogens with zero attached hydrogens (tertiary/aromatic N) is 2. The third-order valence-electron chi connectivity index (χ3n) is 6.96. The second-order valence-electron chi connectivity index (χ2n) is 8.62. The van der Waals surface area contributed by atoms with Crippen LogP contribution in [0.4, 0.5) is 5.69 Å². The molecular formula is C30H35N2O2+. The van der Waals surface area contributed by atoms with Crippen LogP contribution in [-0.2, 0) is 11.2 Å². The van der Waals surface area contributed by atoms with Gasteiger partial charge in [0.15, 0.2) is 5.71 Å². The Hall–Kier alpha value is -3.40. The lowest BCUT2D eigenvalue weighted by atomic mass is 9.76. The number of anilines is 1. The van der Waals surface area contributed by atoms with E-state index >= 15 is 0 Å². The molecule has 4 nitrogen and oxygen atoms in total. The van der Waals surface area contributed by atoms with E-state index in [1.54, 1.807) is 0 Å². The summed E-state index contributed by atoms with van der Waals surface area (Å²) in [6.07, 6.45) is 7.64. The molecule has 4 heteroatoms. The van der Waals surface area contributed by atoms with E-state index in [0.717, 1.165) is 43.7 Å². The van der Waals surface area contributed by atoms with Crippen molar-refractivity contribution in [2.75, 3.05) is 38.2 Å². The van der Waals surface area contributed by atoms with E-state index in [1.807, 2.05) is 24.3 Å². The number of carbonyl (C=O) groups excluding carboxylic acids is 1. The Morgan fingerprint density at radius 1 is 0.971 bits per heavy atom. The van der Waals surface area contributed by atoms with Gasteiger partial charge in [-0.3, -0.25) is 0 Å². The quantitative estimate of drug-likeness (QED) is 0.398. The van der Waals surface area contributed by atoms with Crippen molar-refractivity contribution >= 4 is 22.9 Å². The van der Waals surface area contributed by atoms with Crippen LogP contribution in [0.3, 0.4) is 0 Å². The molecule has 0 saturated carbocycles. The van der Waals surface area contributed by atoms with Crippen LogP contribution in [0.2, 0.25) is 0 Å². The van der Waals surface area contributed by atoms with Crippen molar-refractivity contribution in [3.05, 3.63) is 94.1 Å². The van der Waals surface area contributed by atoms with Gasteiger partial charge in [0, 0.05) is 30.9 Å². The van der Waals surface area contributed by atoms with Crippen LogP contribution in [0.15, 0.2) is 71.8 Å². The molecule has 2 aromatic carbocycles. The largest absolute Gasteiger partial charge is 0.465 e. The molecule has 4 rings (SSSR count). The fourth-order valence-corrected chi connectivity index (χ4v) is 5.14. The predicted molar refractivity (Wildman–Crippen MR) is 141 cm³/mol. The van der Waals surface area contributed by atoms with E-state index in [1.165, 1.54) is 40.8 Å². The number of allylic oxidation sites excluding steroid dienone is 5. The summed E-state index contributed by atoms with van der Waals surface area (Å²) in [5.74, 6) is -0.309. The molecule has 176 valence electrons. The SMILES string of the molecule is CCN(CC)c1ccc2c(c1)CC1=CC(=[N+](CC)CC)C=CC1=C2c1ccccc1C(=O)OC. The van der Waals surface area contributed by atoms with Gasteiger partial charge in [0.25, 0.3) is 0 Å². The predicted octanol–water partition coefficient (Wildman–Crippen LogP) is 5.67. The number of methoxy groups -OCH3 is 1. The highest BCUT2D eigenvalue weighted by atomic mass is 16.5. The van der Waals surface area contributed by atoms with Crippen molar-refractivity contribution < 1.29 is 14.1 Å². The van der Waals surface area contributed by atoms with Gasteiger partial charge in [-0.1, -0.05) is 24.3 Å². The fourth-order valence-electron chi connectivity index (χ4n) is 5.14. The Kier molecular flexibility index (Phi) is 7.16. The fraction of sp³-hybridized carbons (Fsp3) is 0.333. The van der Waals surface area contributed by atoms with Crippen LogP contribution in [0.5, 0.6) is 0 Å². The molecule has 0 amide bonds. The van der Waals surface area contributed by atoms with Gasteiger partial charge < -0.3 is 9.64 Å². The number of benzene rings is 2. The average molecular weight is 456 g/mol. The van der Waals surface area contributed by atoms with Crippen LogP contribution in [0, 0.1) is 0 Å². The topological polar surface area (TPSA) is 32.5 Å². The second kappa shape index (κ2) is 10.3. The second-order valence-corrected chi connectivity index (χ2v) is 8.62. The Morgan fingerprint density at radius 2 is 1.71 bits per heavy atom. The smallest absolute Gasteiger partial charge is 0.338 e. The van der Waals surface area contributed by atoms with Crippen LogP contribution >= 0.6 is 0 Å². The van der Waals surface area contributed by atoms with Crippen LogP contribution in [0.25, 0.3) is 5.57 Å². The number of ether oxygens (including phenoxy) is 1. The van der Waals surface area contributed by atoms with Crippen LogP contribution in [-0.4, -0.2) is 49.5 Å². The maximum atomic E-state index is 12.7. The molecule has 0 atom stereocenters. The maximum Gasteiger partial charge on any atom is 0.338 e. The molecular weight excluding hydrogens is 420 g/mol. The molecule has 0 radical (unpaired) electrons. The first kappa shape index (κ1) is 23.7. The number of carbonyl (C=O) groups is 1. The summed E-state index contributed by atoms with van der Waals surface area (Å²) >= 11 is 0. The molecule has 0 N–H and O–H groups in total. The van der Waals surface area contributed by atoms with Crippen molar-refractivity contribution in [1.29, 1.82) is 0 Å². The Balaban J connectivity index is 1.99. The van der Waals surface area contributed by atoms with Crippen molar-refractivity contribution in [3.63, 3.8) is 0 Å². The summed E-state index contributed by atoms with van der Waals surface area (Å²) < 4.78 is 7.52. The number of esters is 1. The first-order chi connectivity index (χ1) is 16.6. The van der Waals surface area contributed by atoms with E-state index in [0.29, 0.717) is 5.56 Å². The molecule has 0 fully saturated rings. The van der Waals surface area contributed by atoms with Gasteiger partial charge in [0.1, 0.15) is 13.1 Å². The summed E-state index contributed by atoms with van der Waals surface area (Å²) in [4.78, 5) is 15.1. The number of hydrogen-bond donors (Lipinski definition) is 0. The summed E-state index contributed by atoms with van der Waals surface area (Å²) in [7, 11) is 1.44. The highest BCUT2D eigenvalue weighted by Crippen LogP contribution is 2.42. The molecule has 0 aliphatic heterocycles. The highest BCUT2D eigenvalue weighted by molar-refractivity contribution is 6.07. The lowest BCUT2D eigenvalue weighted by Gasteiger charge is -2.29. The van der Waals surface area contributed by atoms with Gasteiger partial charge in [-0.15, -0.1) is 0 Å². The molecule has 0 bridgehead atoms. The first-order valence-electron chi connectivity index (χ1n) is 12.4. The monoisotopic (exact) mass is 455 g/mol. The van der Waals surface area contributed by atoms with Gasteiger partial charge in [-0.2, -0.15) is 0 Å². The summed E-state index contributed by atoms with van der Waals surface area (Å²) in [5, 5.41) is 0. The summed E-state index contributed by atoms with van der Waals surface area (Å²) in [6.45, 7) is 12.7. The lowest BCUT2D eigenvalue weighted by molar-refractivity contribution is -0.519. The normalized spacial score (nSPS) is 14.4. The molecule has 2 aliphatic rings. The van der Waals surface area contributed by atoms with E-state index in [-0.39, 0.29) is 5.97 Å². The Labute approximate surface area is 203 Å². The molecule has 0 heterocycles. The lowest BCUT2D eigenvalue weighted by Crippen LogP contribution is -2.23. The summed E-state index contributed by atoms with van der Waals surface area (Å²) in [6, 6.07) is 14.6. The first-order valence-corrected chi connectivity index (χ1v) is 12.4. The zero-order chi connectivity index (χ0) is 24.2. The molecule has 0 spiro atoms. The standard InChI is InChI=1S/C30H35N2O2/c1-6-31(7-2)23-14-16-25-21(19-23)18-22-20-24(32(8-3)9-4)15-17-26(22)29(25)27-12-10-11-13-28(27)30(33)34-5/h10-17,19-20H,6-9,18H2,1-5H3/q+1. The number of fused-ring (bicyclic) bond motifs is 2. The van der Waals surface area contributed by atoms with Gasteiger partial charge in [0.05, 0.1) is 12.7 Å². The molecule has 2 aliphatic carbocycles. The van der Waals surface area contributed by atoms with Crippen LogP contribution in [0.1, 0.15) is 54.7 Å². The summed E-state index contributed by atoms with van der Waals surface area (Å²) in [5.41, 5.74) is 10.1. The van der Waals surface area contributed by atoms with Crippen molar-refractivity contribution in [1.82, 2.24) is 0 Å². The number of rotatable bonds is 7. The molecule has 2 aromatic rings. The maximum absolute atomic E-state index is 12.7. The van der Waals surface area contributed by atoms with E-state index < -0.39 is 0 Å². The third kappa shape index (κ3) is 4.25. The van der Waals surface area contributed by atoms with E-state index in [9.17, 15) is 4.79 Å². The average Bonchev–Trinajstić information content (AvgIpc) is 2.88. The van der Waals surface area contributed by atoms with Crippen LogP contribution < -0.4 is 4.90 Å². The van der Waals surface area contributed by atoms with Gasteiger partial charge >= 0.3 is 5.97 Å². The molecule has 0 saturated heterocycles. The van der Waals surface area contributed by atoms with Gasteiger partial charge in [0.2, 0.25) is 0 Å². The van der Waals surface area contributed by atoms with E-state index in [4.69, 9.17) is 4.74 Å². The van der Waals surface area contributed by atoms with Gasteiger partial charge in [-0.05, 0) is 91.8 Å². The van der Waals surface area contributed by atoms with Gasteiger partial charge in [-0.25, -0.2) is 9.37 Å². The minimum Gasteiger partial charge on any atom is -0.465 e. The van der Waals surface area contributed by atoms with Crippen molar-refractivity contribution in [2.24, 2.45) is 0 Å². The zero-order valence-electron chi connectivity index (χ0n) is 21.0. The molecule has 34 heavy (non-hydrogen) atoms. The molecule has 0 aromatic heterocycles. The van der Waals surface area contributed by atoms with Crippen molar-refractivity contribution in [3.8, 4) is 0 Å².